The summed E-state index contributed by atoms with van der Waals surface area (Å²) in [6.07, 6.45) is 0. The molecule has 1 aromatic carbocycles. The van der Waals surface area contributed by atoms with Gasteiger partial charge in [0.25, 0.3) is 0 Å². The quantitative estimate of drug-likeness (QED) is 0.647. The Morgan fingerprint density at radius 3 is 2.65 bits per heavy atom. The molecule has 90 valence electrons. The maximum absolute atomic E-state index is 11.8. The van der Waals surface area contributed by atoms with Crippen molar-refractivity contribution in [1.82, 2.24) is 10.2 Å². The van der Waals surface area contributed by atoms with Crippen molar-refractivity contribution in [3.05, 3.63) is 33.4 Å². The number of imide groups is 1. The lowest BCUT2D eigenvalue weighted by atomic mass is 10.1. The van der Waals surface area contributed by atoms with Crippen LogP contribution in [0.2, 0.25) is 0 Å². The highest BCUT2D eigenvalue weighted by Crippen LogP contribution is 2.12. The zero-order valence-corrected chi connectivity index (χ0v) is 11.6. The Bertz CT molecular complexity index is 444. The summed E-state index contributed by atoms with van der Waals surface area (Å²) >= 11 is 2.22. The van der Waals surface area contributed by atoms with Crippen molar-refractivity contribution in [2.24, 2.45) is 0 Å². The number of piperazine rings is 1. The Kier molecular flexibility index (Phi) is 3.78. The molecule has 1 aliphatic heterocycles. The molecule has 0 radical (unpaired) electrons. The standard InChI is InChI=1S/C12H13IN2O2/c1-8-12(17)15(11(16)6-14-8)7-9-2-4-10(13)5-3-9/h2-5,8,14H,6-7H2,1H3. The fourth-order valence-corrected chi connectivity index (χ4v) is 2.08. The van der Waals surface area contributed by atoms with Crippen LogP contribution in [-0.2, 0) is 16.1 Å². The van der Waals surface area contributed by atoms with E-state index in [1.165, 1.54) is 4.90 Å². The molecule has 0 bridgehead atoms. The van der Waals surface area contributed by atoms with Crippen molar-refractivity contribution < 1.29 is 9.59 Å². The van der Waals surface area contributed by atoms with E-state index in [1.807, 2.05) is 24.3 Å². The van der Waals surface area contributed by atoms with Gasteiger partial charge in [-0.15, -0.1) is 0 Å². The van der Waals surface area contributed by atoms with Gasteiger partial charge >= 0.3 is 0 Å². The number of nitrogens with zero attached hydrogens (tertiary/aromatic N) is 1. The molecule has 2 rings (SSSR count). The molecule has 1 aromatic rings. The van der Waals surface area contributed by atoms with Gasteiger partial charge in [-0.05, 0) is 47.2 Å². The second kappa shape index (κ2) is 5.14. The van der Waals surface area contributed by atoms with Crippen LogP contribution < -0.4 is 5.32 Å². The molecule has 1 atom stereocenters. The lowest BCUT2D eigenvalue weighted by Gasteiger charge is -2.29. The fraction of sp³-hybridized carbons (Fsp3) is 0.333. The predicted octanol–water partition coefficient (Wildman–Crippen LogP) is 1.14. The van der Waals surface area contributed by atoms with Gasteiger partial charge in [0.2, 0.25) is 11.8 Å². The number of hydrogen-bond donors (Lipinski definition) is 1. The van der Waals surface area contributed by atoms with Gasteiger partial charge in [-0.3, -0.25) is 19.8 Å². The number of amides is 2. The highest BCUT2D eigenvalue weighted by molar-refractivity contribution is 14.1. The number of halogens is 1. The van der Waals surface area contributed by atoms with Crippen molar-refractivity contribution in [2.75, 3.05) is 6.54 Å². The topological polar surface area (TPSA) is 49.4 Å². The third kappa shape index (κ3) is 2.84. The van der Waals surface area contributed by atoms with E-state index in [-0.39, 0.29) is 24.4 Å². The molecule has 5 heteroatoms. The Morgan fingerprint density at radius 1 is 1.35 bits per heavy atom. The summed E-state index contributed by atoms with van der Waals surface area (Å²) in [6, 6.07) is 7.54. The summed E-state index contributed by atoms with van der Waals surface area (Å²) in [4.78, 5) is 24.8. The van der Waals surface area contributed by atoms with Gasteiger partial charge < -0.3 is 0 Å². The van der Waals surface area contributed by atoms with Gasteiger partial charge in [0.1, 0.15) is 0 Å². The highest BCUT2D eigenvalue weighted by atomic mass is 127. The first kappa shape index (κ1) is 12.5. The Balaban J connectivity index is 2.13. The summed E-state index contributed by atoms with van der Waals surface area (Å²) < 4.78 is 1.14. The second-order valence-corrected chi connectivity index (χ2v) is 5.29. The number of nitrogens with one attached hydrogen (secondary N) is 1. The zero-order valence-electron chi connectivity index (χ0n) is 9.44. The summed E-state index contributed by atoms with van der Waals surface area (Å²) in [5, 5.41) is 2.86. The lowest BCUT2D eigenvalue weighted by molar-refractivity contribution is -0.149. The van der Waals surface area contributed by atoms with Gasteiger partial charge in [0.15, 0.2) is 0 Å². The van der Waals surface area contributed by atoms with E-state index in [2.05, 4.69) is 27.9 Å². The van der Waals surface area contributed by atoms with Crippen LogP contribution in [0.5, 0.6) is 0 Å². The number of carbonyl (C=O) groups is 2. The van der Waals surface area contributed by atoms with E-state index in [0.29, 0.717) is 6.54 Å². The van der Waals surface area contributed by atoms with E-state index >= 15 is 0 Å². The molecule has 0 aromatic heterocycles. The monoisotopic (exact) mass is 344 g/mol. The zero-order chi connectivity index (χ0) is 12.4. The SMILES string of the molecule is CC1NCC(=O)N(Cc2ccc(I)cc2)C1=O. The van der Waals surface area contributed by atoms with Gasteiger partial charge in [0, 0.05) is 3.57 Å². The van der Waals surface area contributed by atoms with Crippen LogP contribution in [-0.4, -0.2) is 29.3 Å². The number of carbonyl (C=O) groups excluding carboxylic acids is 2. The number of benzene rings is 1. The van der Waals surface area contributed by atoms with E-state index in [1.54, 1.807) is 6.92 Å². The molecule has 0 spiro atoms. The third-order valence-electron chi connectivity index (χ3n) is 2.75. The summed E-state index contributed by atoms with van der Waals surface area (Å²) in [6.45, 7) is 2.37. The minimum Gasteiger partial charge on any atom is -0.298 e. The molecule has 1 saturated heterocycles. The minimum absolute atomic E-state index is 0.153. The minimum atomic E-state index is -0.281. The molecule has 2 amide bonds. The largest absolute Gasteiger partial charge is 0.298 e. The molecule has 1 unspecified atom stereocenters. The molecule has 17 heavy (non-hydrogen) atoms. The van der Waals surface area contributed by atoms with Crippen molar-refractivity contribution in [3.8, 4) is 0 Å². The highest BCUT2D eigenvalue weighted by Gasteiger charge is 2.30. The van der Waals surface area contributed by atoms with Gasteiger partial charge in [-0.2, -0.15) is 0 Å². The van der Waals surface area contributed by atoms with Crippen molar-refractivity contribution in [2.45, 2.75) is 19.5 Å². The predicted molar refractivity (Wildman–Crippen MR) is 72.2 cm³/mol. The van der Waals surface area contributed by atoms with Crippen LogP contribution in [0.25, 0.3) is 0 Å². The Morgan fingerprint density at radius 2 is 2.00 bits per heavy atom. The second-order valence-electron chi connectivity index (χ2n) is 4.05. The summed E-state index contributed by atoms with van der Waals surface area (Å²) in [5.41, 5.74) is 0.973. The van der Waals surface area contributed by atoms with Gasteiger partial charge in [0.05, 0.1) is 19.1 Å². The van der Waals surface area contributed by atoms with Crippen molar-refractivity contribution >= 4 is 34.4 Å². The number of rotatable bonds is 2. The Hall–Kier alpha value is -0.950. The first-order chi connectivity index (χ1) is 8.08. The molecule has 1 heterocycles. The first-order valence-electron chi connectivity index (χ1n) is 5.40. The molecular weight excluding hydrogens is 331 g/mol. The normalized spacial score (nSPS) is 20.8. The molecular formula is C12H13IN2O2. The number of hydrogen-bond acceptors (Lipinski definition) is 3. The Labute approximate surface area is 114 Å². The van der Waals surface area contributed by atoms with Crippen molar-refractivity contribution in [1.29, 1.82) is 0 Å². The summed E-state index contributed by atoms with van der Waals surface area (Å²) in [7, 11) is 0. The molecule has 1 N–H and O–H groups in total. The first-order valence-corrected chi connectivity index (χ1v) is 6.48. The van der Waals surface area contributed by atoms with Crippen LogP contribution in [0.1, 0.15) is 12.5 Å². The third-order valence-corrected chi connectivity index (χ3v) is 3.47. The van der Waals surface area contributed by atoms with Crippen LogP contribution >= 0.6 is 22.6 Å². The lowest BCUT2D eigenvalue weighted by Crippen LogP contribution is -2.56. The average Bonchev–Trinajstić information content (AvgIpc) is 2.32. The van der Waals surface area contributed by atoms with Crippen LogP contribution in [0.15, 0.2) is 24.3 Å². The van der Waals surface area contributed by atoms with E-state index < -0.39 is 0 Å². The molecule has 4 nitrogen and oxygen atoms in total. The smallest absolute Gasteiger partial charge is 0.246 e. The van der Waals surface area contributed by atoms with Gasteiger partial charge in [-0.1, -0.05) is 12.1 Å². The molecule has 1 aliphatic rings. The summed E-state index contributed by atoms with van der Waals surface area (Å²) in [5.74, 6) is -0.313. The van der Waals surface area contributed by atoms with Crippen molar-refractivity contribution in [3.63, 3.8) is 0 Å². The van der Waals surface area contributed by atoms with E-state index in [9.17, 15) is 9.59 Å². The van der Waals surface area contributed by atoms with E-state index in [0.717, 1.165) is 9.13 Å². The average molecular weight is 344 g/mol. The maximum Gasteiger partial charge on any atom is 0.246 e. The molecule has 0 aliphatic carbocycles. The van der Waals surface area contributed by atoms with Crippen LogP contribution in [0.4, 0.5) is 0 Å². The van der Waals surface area contributed by atoms with Crippen LogP contribution in [0, 0.1) is 3.57 Å². The fourth-order valence-electron chi connectivity index (χ4n) is 1.72. The van der Waals surface area contributed by atoms with E-state index in [4.69, 9.17) is 0 Å². The molecule has 1 fully saturated rings. The van der Waals surface area contributed by atoms with Crippen LogP contribution in [0.3, 0.4) is 0 Å². The van der Waals surface area contributed by atoms with Gasteiger partial charge in [-0.25, -0.2) is 0 Å². The maximum atomic E-state index is 11.8. The molecule has 0 saturated carbocycles.